The molecule has 0 bridgehead atoms. The first-order chi connectivity index (χ1) is 16.5. The molecule has 1 atom stereocenters. The smallest absolute Gasteiger partial charge is 0.0799 e. The molecule has 0 rings (SSSR count). The van der Waals surface area contributed by atoms with E-state index in [0.29, 0.717) is 6.61 Å². The fraction of sp³-hybridized carbons (Fsp3) is 0.806. The lowest BCUT2D eigenvalue weighted by Crippen LogP contribution is -2.48. The zero-order chi connectivity index (χ0) is 25.2. The minimum atomic E-state index is -0.332. The lowest BCUT2D eigenvalue weighted by atomic mass is 10.00. The van der Waals surface area contributed by atoms with Crippen LogP contribution in [0, 0.1) is 0 Å². The Bertz CT molecular complexity index is 496. The maximum absolute atomic E-state index is 6.33. The Balaban J connectivity index is 3.52. The van der Waals surface area contributed by atoms with Crippen LogP contribution in [-0.2, 0) is 9.47 Å². The van der Waals surface area contributed by atoms with Crippen LogP contribution in [0.2, 0.25) is 0 Å². The summed E-state index contributed by atoms with van der Waals surface area (Å²) in [5, 5.41) is 0. The van der Waals surface area contributed by atoms with Gasteiger partial charge in [-0.2, -0.15) is 0 Å². The number of hydrogen-bond acceptors (Lipinski definition) is 3. The summed E-state index contributed by atoms with van der Waals surface area (Å²) in [7, 11) is 0. The molecule has 0 aromatic rings. The number of allylic oxidation sites excluding steroid dienone is 6. The van der Waals surface area contributed by atoms with Crippen molar-refractivity contribution in [3.63, 3.8) is 0 Å². The monoisotopic (exact) mass is 477 g/mol. The standard InChI is InChI=1S/C31H59NO2/c1-5-7-9-11-13-14-15-16-17-18-19-20-21-22-24-26-28-34-31(3,4)30(32)29-33-27-25-23-12-10-8-6-2/h8,10,13-14,16-17,30H,5-7,9,11-12,15,18-29,32H2,1-4H3. The van der Waals surface area contributed by atoms with Crippen LogP contribution in [0.25, 0.3) is 0 Å². The molecule has 1 unspecified atom stereocenters. The predicted octanol–water partition coefficient (Wildman–Crippen LogP) is 9.08. The van der Waals surface area contributed by atoms with Crippen LogP contribution in [0.5, 0.6) is 0 Å². The minimum absolute atomic E-state index is 0.0860. The molecule has 3 heteroatoms. The zero-order valence-corrected chi connectivity index (χ0v) is 23.4. The second kappa shape index (κ2) is 25.2. The molecule has 0 fully saturated rings. The molecular weight excluding hydrogens is 418 g/mol. The first-order valence-corrected chi connectivity index (χ1v) is 14.5. The Morgan fingerprint density at radius 2 is 1.18 bits per heavy atom. The average Bonchev–Trinajstić information content (AvgIpc) is 2.82. The van der Waals surface area contributed by atoms with E-state index in [1.807, 2.05) is 0 Å². The van der Waals surface area contributed by atoms with Gasteiger partial charge in [-0.15, -0.1) is 0 Å². The third kappa shape index (κ3) is 22.9. The molecule has 0 heterocycles. The zero-order valence-electron chi connectivity index (χ0n) is 23.4. The number of nitrogens with two attached hydrogens (primary N) is 1. The topological polar surface area (TPSA) is 44.5 Å². The molecule has 0 spiro atoms. The predicted molar refractivity (Wildman–Crippen MR) is 151 cm³/mol. The lowest BCUT2D eigenvalue weighted by Gasteiger charge is -2.31. The highest BCUT2D eigenvalue weighted by atomic mass is 16.5. The van der Waals surface area contributed by atoms with Crippen LogP contribution in [-0.4, -0.2) is 31.5 Å². The summed E-state index contributed by atoms with van der Waals surface area (Å²) in [6.45, 7) is 10.8. The van der Waals surface area contributed by atoms with Crippen LogP contribution >= 0.6 is 0 Å². The summed E-state index contributed by atoms with van der Waals surface area (Å²) in [6.07, 6.45) is 33.5. The maximum atomic E-state index is 6.33. The molecule has 0 saturated heterocycles. The van der Waals surface area contributed by atoms with Gasteiger partial charge < -0.3 is 15.2 Å². The van der Waals surface area contributed by atoms with Gasteiger partial charge in [0, 0.05) is 13.2 Å². The van der Waals surface area contributed by atoms with E-state index in [0.717, 1.165) is 45.3 Å². The van der Waals surface area contributed by atoms with Crippen molar-refractivity contribution in [2.75, 3.05) is 19.8 Å². The molecule has 3 nitrogen and oxygen atoms in total. The highest BCUT2D eigenvalue weighted by Gasteiger charge is 2.27. The van der Waals surface area contributed by atoms with Crippen LogP contribution in [0.3, 0.4) is 0 Å². The van der Waals surface area contributed by atoms with Gasteiger partial charge >= 0.3 is 0 Å². The minimum Gasteiger partial charge on any atom is -0.380 e. The van der Waals surface area contributed by atoms with Gasteiger partial charge in [0.25, 0.3) is 0 Å². The number of unbranched alkanes of at least 4 members (excludes halogenated alkanes) is 11. The highest BCUT2D eigenvalue weighted by molar-refractivity contribution is 4.92. The van der Waals surface area contributed by atoms with Crippen molar-refractivity contribution in [2.45, 2.75) is 142 Å². The Morgan fingerprint density at radius 3 is 1.82 bits per heavy atom. The van der Waals surface area contributed by atoms with Crippen molar-refractivity contribution in [1.82, 2.24) is 0 Å². The van der Waals surface area contributed by atoms with Gasteiger partial charge in [0.1, 0.15) is 0 Å². The van der Waals surface area contributed by atoms with Gasteiger partial charge in [-0.25, -0.2) is 0 Å². The van der Waals surface area contributed by atoms with E-state index >= 15 is 0 Å². The Labute approximate surface area is 213 Å². The van der Waals surface area contributed by atoms with E-state index < -0.39 is 0 Å². The Hall–Kier alpha value is -0.900. The van der Waals surface area contributed by atoms with Gasteiger partial charge in [-0.05, 0) is 78.1 Å². The molecule has 0 aromatic heterocycles. The van der Waals surface area contributed by atoms with Crippen molar-refractivity contribution in [2.24, 2.45) is 5.73 Å². The molecule has 0 radical (unpaired) electrons. The Kier molecular flexibility index (Phi) is 24.5. The molecule has 200 valence electrons. The van der Waals surface area contributed by atoms with Gasteiger partial charge in [0.15, 0.2) is 0 Å². The quantitative estimate of drug-likeness (QED) is 0.105. The molecule has 0 aliphatic carbocycles. The molecular formula is C31H59NO2. The van der Waals surface area contributed by atoms with Crippen molar-refractivity contribution in [1.29, 1.82) is 0 Å². The Morgan fingerprint density at radius 1 is 0.647 bits per heavy atom. The molecule has 0 aliphatic rings. The second-order valence-corrected chi connectivity index (χ2v) is 10.1. The van der Waals surface area contributed by atoms with Crippen molar-refractivity contribution in [3.05, 3.63) is 36.5 Å². The summed E-state index contributed by atoms with van der Waals surface area (Å²) < 4.78 is 11.9. The number of ether oxygens (including phenoxy) is 2. The highest BCUT2D eigenvalue weighted by Crippen LogP contribution is 2.16. The first-order valence-electron chi connectivity index (χ1n) is 14.5. The van der Waals surface area contributed by atoms with Crippen molar-refractivity contribution >= 4 is 0 Å². The van der Waals surface area contributed by atoms with Gasteiger partial charge in [0.05, 0.1) is 18.2 Å². The molecule has 0 saturated carbocycles. The second-order valence-electron chi connectivity index (χ2n) is 10.1. The van der Waals surface area contributed by atoms with Crippen LogP contribution in [0.1, 0.15) is 130 Å². The normalized spacial score (nSPS) is 13.7. The summed E-state index contributed by atoms with van der Waals surface area (Å²) in [4.78, 5) is 0. The third-order valence-electron chi connectivity index (χ3n) is 6.32. The van der Waals surface area contributed by atoms with Crippen molar-refractivity contribution < 1.29 is 9.47 Å². The SMILES string of the molecule is CCC=CCCCCOCC(N)C(C)(C)OCCCCCCCCC=CCC=CCCCCC. The van der Waals surface area contributed by atoms with Crippen LogP contribution in [0.15, 0.2) is 36.5 Å². The van der Waals surface area contributed by atoms with Crippen LogP contribution < -0.4 is 5.73 Å². The molecule has 2 N–H and O–H groups in total. The van der Waals surface area contributed by atoms with E-state index in [4.69, 9.17) is 15.2 Å². The average molecular weight is 478 g/mol. The fourth-order valence-corrected chi connectivity index (χ4v) is 3.69. The van der Waals surface area contributed by atoms with E-state index in [-0.39, 0.29) is 11.6 Å². The van der Waals surface area contributed by atoms with E-state index in [1.54, 1.807) is 0 Å². The summed E-state index contributed by atoms with van der Waals surface area (Å²) in [5.41, 5.74) is 6.00. The first kappa shape index (κ1) is 33.1. The molecule has 0 amide bonds. The van der Waals surface area contributed by atoms with E-state index in [1.165, 1.54) is 70.6 Å². The molecule has 0 aromatic carbocycles. The number of rotatable bonds is 25. The van der Waals surface area contributed by atoms with E-state index in [9.17, 15) is 0 Å². The van der Waals surface area contributed by atoms with E-state index in [2.05, 4.69) is 64.2 Å². The third-order valence-corrected chi connectivity index (χ3v) is 6.32. The molecule has 34 heavy (non-hydrogen) atoms. The van der Waals surface area contributed by atoms with Crippen molar-refractivity contribution in [3.8, 4) is 0 Å². The lowest BCUT2D eigenvalue weighted by molar-refractivity contribution is -0.0566. The fourth-order valence-electron chi connectivity index (χ4n) is 3.69. The summed E-state index contributed by atoms with van der Waals surface area (Å²) >= 11 is 0. The largest absolute Gasteiger partial charge is 0.380 e. The van der Waals surface area contributed by atoms with Gasteiger partial charge in [0.2, 0.25) is 0 Å². The summed E-state index contributed by atoms with van der Waals surface area (Å²) in [6, 6.07) is -0.0860. The number of hydrogen-bond donors (Lipinski definition) is 1. The van der Waals surface area contributed by atoms with Gasteiger partial charge in [-0.3, -0.25) is 0 Å². The van der Waals surface area contributed by atoms with Crippen LogP contribution in [0.4, 0.5) is 0 Å². The maximum Gasteiger partial charge on any atom is 0.0799 e. The molecule has 0 aliphatic heterocycles. The summed E-state index contributed by atoms with van der Waals surface area (Å²) in [5.74, 6) is 0. The van der Waals surface area contributed by atoms with Gasteiger partial charge in [-0.1, -0.05) is 88.8 Å².